The lowest BCUT2D eigenvalue weighted by molar-refractivity contribution is 0.631. The average Bonchev–Trinajstić information content (AvgIpc) is 3.43. The van der Waals surface area contributed by atoms with Crippen molar-refractivity contribution in [3.05, 3.63) is 84.6 Å². The van der Waals surface area contributed by atoms with Crippen molar-refractivity contribution in [2.45, 2.75) is 12.8 Å². The highest BCUT2D eigenvalue weighted by Gasteiger charge is 2.17. The van der Waals surface area contributed by atoms with E-state index in [0.717, 1.165) is 46.1 Å². The second-order valence-electron chi connectivity index (χ2n) is 7.85. The van der Waals surface area contributed by atoms with Gasteiger partial charge in [0.05, 0.1) is 28.4 Å². The van der Waals surface area contributed by atoms with Crippen LogP contribution >= 0.6 is 0 Å². The van der Waals surface area contributed by atoms with Crippen LogP contribution < -0.4 is 0 Å². The fourth-order valence-corrected chi connectivity index (χ4v) is 4.08. The lowest BCUT2D eigenvalue weighted by atomic mass is 10.0. The van der Waals surface area contributed by atoms with Gasteiger partial charge in [0, 0.05) is 34.5 Å². The van der Waals surface area contributed by atoms with E-state index >= 15 is 0 Å². The molecular weight excluding hydrogens is 415 g/mol. The van der Waals surface area contributed by atoms with Gasteiger partial charge in [-0.3, -0.25) is 15.1 Å². The second-order valence-corrected chi connectivity index (χ2v) is 7.85. The summed E-state index contributed by atoms with van der Waals surface area (Å²) in [7, 11) is 0. The van der Waals surface area contributed by atoms with Gasteiger partial charge in [0.15, 0.2) is 5.82 Å². The number of allylic oxidation sites excluding steroid dienone is 3. The second kappa shape index (κ2) is 7.94. The molecule has 0 unspecified atom stereocenters. The molecule has 2 aromatic carbocycles. The maximum Gasteiger partial charge on any atom is 0.159 e. The number of nitrogens with zero attached hydrogens (tertiary/aromatic N) is 4. The monoisotopic (exact) mass is 434 g/mol. The van der Waals surface area contributed by atoms with Gasteiger partial charge in [0.1, 0.15) is 11.5 Å². The number of benzene rings is 2. The summed E-state index contributed by atoms with van der Waals surface area (Å²) in [6.07, 6.45) is 11.6. The van der Waals surface area contributed by atoms with Crippen molar-refractivity contribution in [1.82, 2.24) is 25.1 Å². The molecule has 4 heterocycles. The fourth-order valence-electron chi connectivity index (χ4n) is 4.08. The van der Waals surface area contributed by atoms with Gasteiger partial charge in [-0.15, -0.1) is 0 Å². The van der Waals surface area contributed by atoms with Gasteiger partial charge in [-0.2, -0.15) is 5.10 Å². The minimum absolute atomic E-state index is 0.279. The third-order valence-electron chi connectivity index (χ3n) is 5.72. The summed E-state index contributed by atoms with van der Waals surface area (Å²) in [6.45, 7) is 0. The number of aromatic amines is 2. The summed E-state index contributed by atoms with van der Waals surface area (Å²) in [4.78, 5) is 17.1. The first kappa shape index (κ1) is 19.3. The van der Waals surface area contributed by atoms with Crippen molar-refractivity contribution in [1.29, 1.82) is 0 Å². The van der Waals surface area contributed by atoms with Gasteiger partial charge in [-0.1, -0.05) is 42.5 Å². The molecule has 0 amide bonds. The maximum absolute atomic E-state index is 14.5. The highest BCUT2D eigenvalue weighted by Crippen LogP contribution is 2.33. The third-order valence-corrected chi connectivity index (χ3v) is 5.72. The van der Waals surface area contributed by atoms with Gasteiger partial charge in [-0.25, -0.2) is 9.37 Å². The quantitative estimate of drug-likeness (QED) is 0.362. The van der Waals surface area contributed by atoms with E-state index in [1.165, 1.54) is 6.07 Å². The molecule has 1 aliphatic rings. The molecule has 33 heavy (non-hydrogen) atoms. The first-order valence-corrected chi connectivity index (χ1v) is 10.7. The number of hydrogen-bond donors (Lipinski definition) is 2. The molecule has 0 atom stereocenters. The van der Waals surface area contributed by atoms with Crippen molar-refractivity contribution in [2.75, 3.05) is 0 Å². The predicted molar refractivity (Wildman–Crippen MR) is 129 cm³/mol. The number of hydrogen-bond acceptors (Lipinski definition) is 4. The number of aliphatic imine (C=N–C) groups is 1. The topological polar surface area (TPSA) is 82.6 Å². The minimum Gasteiger partial charge on any atom is -0.337 e. The van der Waals surface area contributed by atoms with E-state index < -0.39 is 0 Å². The van der Waals surface area contributed by atoms with Crippen molar-refractivity contribution < 1.29 is 4.39 Å². The van der Waals surface area contributed by atoms with Gasteiger partial charge in [0.25, 0.3) is 0 Å². The number of fused-ring (bicyclic) bond motifs is 2. The first-order valence-electron chi connectivity index (χ1n) is 10.7. The molecule has 5 aromatic rings. The number of halogens is 1. The van der Waals surface area contributed by atoms with Gasteiger partial charge < -0.3 is 4.98 Å². The Morgan fingerprint density at radius 3 is 2.79 bits per heavy atom. The maximum atomic E-state index is 14.5. The van der Waals surface area contributed by atoms with Crippen molar-refractivity contribution >= 4 is 33.7 Å². The van der Waals surface area contributed by atoms with Gasteiger partial charge >= 0.3 is 0 Å². The molecule has 160 valence electrons. The number of nitrogens with one attached hydrogen (secondary N) is 2. The largest absolute Gasteiger partial charge is 0.337 e. The molecule has 2 N–H and O–H groups in total. The molecule has 1 aliphatic heterocycles. The van der Waals surface area contributed by atoms with E-state index in [1.54, 1.807) is 18.3 Å². The van der Waals surface area contributed by atoms with Crippen LogP contribution in [0.25, 0.3) is 50.2 Å². The first-order chi connectivity index (χ1) is 16.3. The van der Waals surface area contributed by atoms with Crippen molar-refractivity contribution in [3.8, 4) is 22.6 Å². The van der Waals surface area contributed by atoms with Crippen LogP contribution in [0.5, 0.6) is 0 Å². The number of pyridine rings is 1. The van der Waals surface area contributed by atoms with E-state index in [2.05, 4.69) is 31.2 Å². The van der Waals surface area contributed by atoms with Gasteiger partial charge in [0.2, 0.25) is 0 Å². The Bertz CT molecular complexity index is 1590. The van der Waals surface area contributed by atoms with E-state index in [0.29, 0.717) is 22.6 Å². The number of imidazole rings is 1. The Kier molecular flexibility index (Phi) is 4.65. The van der Waals surface area contributed by atoms with Crippen molar-refractivity contribution in [2.24, 2.45) is 4.99 Å². The molecule has 0 fully saturated rings. The molecule has 0 radical (unpaired) electrons. The Hall–Kier alpha value is -4.39. The molecule has 6 nitrogen and oxygen atoms in total. The zero-order chi connectivity index (χ0) is 22.2. The van der Waals surface area contributed by atoms with Crippen LogP contribution in [0.1, 0.15) is 18.5 Å². The van der Waals surface area contributed by atoms with E-state index in [1.807, 2.05) is 48.8 Å². The summed E-state index contributed by atoms with van der Waals surface area (Å²) in [5.41, 5.74) is 6.00. The molecule has 0 spiro atoms. The van der Waals surface area contributed by atoms with E-state index in [9.17, 15) is 4.39 Å². The van der Waals surface area contributed by atoms with Crippen LogP contribution in [0.3, 0.4) is 0 Å². The number of aromatic nitrogens is 5. The molecule has 0 saturated carbocycles. The minimum atomic E-state index is -0.279. The third kappa shape index (κ3) is 3.43. The number of rotatable bonds is 3. The molecule has 6 rings (SSSR count). The van der Waals surface area contributed by atoms with Crippen LogP contribution in [-0.4, -0.2) is 31.4 Å². The summed E-state index contributed by atoms with van der Waals surface area (Å²) in [5, 5.41) is 8.44. The predicted octanol–water partition coefficient (Wildman–Crippen LogP) is 6.07. The lowest BCUT2D eigenvalue weighted by Crippen LogP contribution is -1.89. The molecule has 0 aliphatic carbocycles. The summed E-state index contributed by atoms with van der Waals surface area (Å²) in [5.74, 6) is 0.330. The molecule has 7 heteroatoms. The molecule has 3 aromatic heterocycles. The van der Waals surface area contributed by atoms with Crippen LogP contribution in [0.15, 0.2) is 78.1 Å². The molecule has 0 bridgehead atoms. The zero-order valence-corrected chi connectivity index (χ0v) is 17.6. The highest BCUT2D eigenvalue weighted by molar-refractivity contribution is 5.97. The SMILES string of the molecule is Fc1ccccc1-c1cccc2[nH]c(-c3n[nH]c4cnc(C5=C/N=CCC\C=C\5)cc34)nc12. The van der Waals surface area contributed by atoms with Crippen LogP contribution in [-0.2, 0) is 0 Å². The Morgan fingerprint density at radius 1 is 0.939 bits per heavy atom. The normalized spacial score (nSPS) is 16.5. The van der Waals surface area contributed by atoms with Crippen LogP contribution in [0, 0.1) is 5.82 Å². The summed E-state index contributed by atoms with van der Waals surface area (Å²) >= 11 is 0. The highest BCUT2D eigenvalue weighted by atomic mass is 19.1. The lowest BCUT2D eigenvalue weighted by Gasteiger charge is -2.03. The standard InChI is InChI=1S/C26H19FN6/c27-20-10-4-3-8-17(20)18-9-6-11-21-24(18)31-26(30-21)25-19-13-22(29-15-23(19)32-33-25)16-7-2-1-5-12-28-14-16/h2-4,6-15H,1,5H2,(H,30,31)(H,32,33)/b7-2+,16-14+,28-12?. The van der Waals surface area contributed by atoms with Crippen molar-refractivity contribution in [3.63, 3.8) is 0 Å². The molecular formula is C26H19FN6. The fraction of sp³-hybridized carbons (Fsp3) is 0.0769. The van der Waals surface area contributed by atoms with Crippen LogP contribution in [0.4, 0.5) is 4.39 Å². The van der Waals surface area contributed by atoms with Gasteiger partial charge in [-0.05, 0) is 31.0 Å². The Balaban J connectivity index is 1.49. The zero-order valence-electron chi connectivity index (χ0n) is 17.6. The Morgan fingerprint density at radius 2 is 1.85 bits per heavy atom. The van der Waals surface area contributed by atoms with Crippen LogP contribution in [0.2, 0.25) is 0 Å². The summed E-state index contributed by atoms with van der Waals surface area (Å²) < 4.78 is 14.5. The Labute approximate surface area is 188 Å². The molecule has 0 saturated heterocycles. The van der Waals surface area contributed by atoms with E-state index in [-0.39, 0.29) is 5.82 Å². The number of H-pyrrole nitrogens is 2. The smallest absolute Gasteiger partial charge is 0.159 e. The van der Waals surface area contributed by atoms with E-state index in [4.69, 9.17) is 4.98 Å². The number of para-hydroxylation sites is 1. The average molecular weight is 434 g/mol. The summed E-state index contributed by atoms with van der Waals surface area (Å²) in [6, 6.07) is 14.4.